The predicted octanol–water partition coefficient (Wildman–Crippen LogP) is 3.17. The number of hydrogen-bond acceptors (Lipinski definition) is 2. The van der Waals surface area contributed by atoms with Crippen LogP contribution in [0.5, 0.6) is 0 Å². The van der Waals surface area contributed by atoms with E-state index in [4.69, 9.17) is 17.3 Å². The van der Waals surface area contributed by atoms with Gasteiger partial charge in [-0.05, 0) is 31.0 Å². The monoisotopic (exact) mass is 316 g/mol. The summed E-state index contributed by atoms with van der Waals surface area (Å²) in [7, 11) is 0. The van der Waals surface area contributed by atoms with E-state index < -0.39 is 0 Å². The molecule has 0 unspecified atom stereocenters. The van der Waals surface area contributed by atoms with Gasteiger partial charge in [-0.3, -0.25) is 4.79 Å². The lowest BCUT2D eigenvalue weighted by molar-refractivity contribution is -0.129. The third kappa shape index (κ3) is 2.49. The van der Waals surface area contributed by atoms with Gasteiger partial charge < -0.3 is 11.1 Å². The summed E-state index contributed by atoms with van der Waals surface area (Å²) in [5.41, 5.74) is 5.94. The van der Waals surface area contributed by atoms with Gasteiger partial charge in [0, 0.05) is 11.0 Å². The van der Waals surface area contributed by atoms with E-state index in [0.717, 1.165) is 23.7 Å². The van der Waals surface area contributed by atoms with Gasteiger partial charge in [0.2, 0.25) is 5.91 Å². The van der Waals surface area contributed by atoms with Crippen LogP contribution >= 0.6 is 27.5 Å². The van der Waals surface area contributed by atoms with Crippen LogP contribution in [0.4, 0.5) is 5.69 Å². The number of carbonyl (C=O) groups excluding carboxylic acids is 1. The standard InChI is InChI=1S/C12H14BrClN2O/c13-8-2-3-9(14)10(6-8)16-11(17)12(7-15)4-1-5-12/h2-3,6H,1,4-5,7,15H2,(H,16,17). The predicted molar refractivity (Wildman–Crippen MR) is 73.1 cm³/mol. The molecule has 1 aliphatic carbocycles. The Hall–Kier alpha value is -0.580. The van der Waals surface area contributed by atoms with Gasteiger partial charge in [0.1, 0.15) is 0 Å². The lowest BCUT2D eigenvalue weighted by atomic mass is 9.68. The summed E-state index contributed by atoms with van der Waals surface area (Å²) in [6.07, 6.45) is 2.79. The van der Waals surface area contributed by atoms with Crippen molar-refractivity contribution in [3.8, 4) is 0 Å². The van der Waals surface area contributed by atoms with Crippen LogP contribution in [-0.2, 0) is 4.79 Å². The first kappa shape index (κ1) is 12.9. The SMILES string of the molecule is NCC1(C(=O)Nc2cc(Br)ccc2Cl)CCC1. The first-order valence-corrected chi connectivity index (χ1v) is 6.71. The molecule has 1 saturated carbocycles. The van der Waals surface area contributed by atoms with Crippen LogP contribution in [0.25, 0.3) is 0 Å². The van der Waals surface area contributed by atoms with Crippen LogP contribution in [0.3, 0.4) is 0 Å². The maximum absolute atomic E-state index is 12.1. The van der Waals surface area contributed by atoms with Crippen LogP contribution in [0.2, 0.25) is 5.02 Å². The summed E-state index contributed by atoms with van der Waals surface area (Å²) >= 11 is 9.38. The minimum atomic E-state index is -0.383. The van der Waals surface area contributed by atoms with Gasteiger partial charge in [-0.15, -0.1) is 0 Å². The topological polar surface area (TPSA) is 55.1 Å². The number of amides is 1. The number of benzene rings is 1. The highest BCUT2D eigenvalue weighted by Gasteiger charge is 2.42. The second kappa shape index (κ2) is 4.96. The summed E-state index contributed by atoms with van der Waals surface area (Å²) < 4.78 is 0.882. The first-order chi connectivity index (χ1) is 8.07. The molecule has 1 aliphatic rings. The number of carbonyl (C=O) groups is 1. The number of nitrogens with one attached hydrogen (secondary N) is 1. The molecule has 1 aromatic carbocycles. The number of rotatable bonds is 3. The van der Waals surface area contributed by atoms with E-state index in [1.165, 1.54) is 0 Å². The highest BCUT2D eigenvalue weighted by atomic mass is 79.9. The number of hydrogen-bond donors (Lipinski definition) is 2. The molecule has 3 N–H and O–H groups in total. The Morgan fingerprint density at radius 1 is 1.53 bits per heavy atom. The van der Waals surface area contributed by atoms with E-state index in [9.17, 15) is 4.79 Å². The molecule has 0 heterocycles. The molecule has 0 bridgehead atoms. The van der Waals surface area contributed by atoms with Crippen LogP contribution < -0.4 is 11.1 Å². The van der Waals surface area contributed by atoms with Crippen LogP contribution in [0.15, 0.2) is 22.7 Å². The fourth-order valence-electron chi connectivity index (χ4n) is 1.98. The first-order valence-electron chi connectivity index (χ1n) is 5.54. The molecule has 92 valence electrons. The third-order valence-electron chi connectivity index (χ3n) is 3.36. The Balaban J connectivity index is 2.15. The van der Waals surface area contributed by atoms with Gasteiger partial charge in [0.05, 0.1) is 16.1 Å². The molecule has 1 aromatic rings. The molecule has 3 nitrogen and oxygen atoms in total. The van der Waals surface area contributed by atoms with Gasteiger partial charge in [0.15, 0.2) is 0 Å². The van der Waals surface area contributed by atoms with Crippen molar-refractivity contribution >= 4 is 39.1 Å². The fraction of sp³-hybridized carbons (Fsp3) is 0.417. The molecule has 0 spiro atoms. The molecule has 0 radical (unpaired) electrons. The van der Waals surface area contributed by atoms with E-state index in [1.54, 1.807) is 12.1 Å². The molecular weight excluding hydrogens is 304 g/mol. The smallest absolute Gasteiger partial charge is 0.231 e. The van der Waals surface area contributed by atoms with Crippen molar-refractivity contribution in [2.75, 3.05) is 11.9 Å². The zero-order valence-corrected chi connectivity index (χ0v) is 11.6. The quantitative estimate of drug-likeness (QED) is 0.899. The van der Waals surface area contributed by atoms with Crippen molar-refractivity contribution < 1.29 is 4.79 Å². The zero-order valence-electron chi connectivity index (χ0n) is 9.30. The second-order valence-corrected chi connectivity index (χ2v) is 5.74. The third-order valence-corrected chi connectivity index (χ3v) is 4.18. The average molecular weight is 318 g/mol. The van der Waals surface area contributed by atoms with Gasteiger partial charge in [-0.1, -0.05) is 34.0 Å². The molecule has 0 saturated heterocycles. The van der Waals surface area contributed by atoms with Crippen molar-refractivity contribution in [2.45, 2.75) is 19.3 Å². The fourth-order valence-corrected chi connectivity index (χ4v) is 2.50. The zero-order chi connectivity index (χ0) is 12.5. The largest absolute Gasteiger partial charge is 0.329 e. The Morgan fingerprint density at radius 3 is 2.76 bits per heavy atom. The van der Waals surface area contributed by atoms with E-state index in [1.807, 2.05) is 6.07 Å². The lowest BCUT2D eigenvalue weighted by Gasteiger charge is -2.39. The Labute approximate surface area is 114 Å². The number of nitrogens with two attached hydrogens (primary N) is 1. The average Bonchev–Trinajstić information content (AvgIpc) is 2.23. The van der Waals surface area contributed by atoms with Crippen LogP contribution in [-0.4, -0.2) is 12.5 Å². The number of halogens is 2. The summed E-state index contributed by atoms with van der Waals surface area (Å²) in [5, 5.41) is 3.40. The molecule has 1 amide bonds. The van der Waals surface area contributed by atoms with E-state index >= 15 is 0 Å². The highest BCUT2D eigenvalue weighted by molar-refractivity contribution is 9.10. The maximum Gasteiger partial charge on any atom is 0.231 e. The van der Waals surface area contributed by atoms with Gasteiger partial charge in [-0.2, -0.15) is 0 Å². The normalized spacial score (nSPS) is 17.4. The minimum absolute atomic E-state index is 0.0220. The van der Waals surface area contributed by atoms with Gasteiger partial charge in [-0.25, -0.2) is 0 Å². The van der Waals surface area contributed by atoms with Crippen molar-refractivity contribution in [2.24, 2.45) is 11.1 Å². The van der Waals surface area contributed by atoms with Gasteiger partial charge in [0.25, 0.3) is 0 Å². The molecule has 2 rings (SSSR count). The van der Waals surface area contributed by atoms with Crippen LogP contribution in [0.1, 0.15) is 19.3 Å². The summed E-state index contributed by atoms with van der Waals surface area (Å²) in [5.74, 6) is -0.0220. The molecular formula is C12H14BrClN2O. The molecule has 0 aromatic heterocycles. The Kier molecular flexibility index (Phi) is 3.76. The van der Waals surface area contributed by atoms with Crippen molar-refractivity contribution in [1.29, 1.82) is 0 Å². The van der Waals surface area contributed by atoms with Crippen molar-refractivity contribution in [3.05, 3.63) is 27.7 Å². The molecule has 5 heteroatoms. The van der Waals surface area contributed by atoms with E-state index in [-0.39, 0.29) is 11.3 Å². The lowest BCUT2D eigenvalue weighted by Crippen LogP contribution is -2.47. The molecule has 1 fully saturated rings. The van der Waals surface area contributed by atoms with E-state index in [2.05, 4.69) is 21.2 Å². The van der Waals surface area contributed by atoms with Crippen molar-refractivity contribution in [3.63, 3.8) is 0 Å². The second-order valence-electron chi connectivity index (χ2n) is 4.42. The molecule has 0 atom stereocenters. The summed E-state index contributed by atoms with van der Waals surface area (Å²) in [6, 6.07) is 5.38. The molecule has 17 heavy (non-hydrogen) atoms. The summed E-state index contributed by atoms with van der Waals surface area (Å²) in [4.78, 5) is 12.1. The van der Waals surface area contributed by atoms with Crippen LogP contribution in [0, 0.1) is 5.41 Å². The molecule has 0 aliphatic heterocycles. The van der Waals surface area contributed by atoms with Crippen molar-refractivity contribution in [1.82, 2.24) is 0 Å². The van der Waals surface area contributed by atoms with Gasteiger partial charge >= 0.3 is 0 Å². The maximum atomic E-state index is 12.1. The Bertz CT molecular complexity index is 441. The number of anilines is 1. The van der Waals surface area contributed by atoms with E-state index in [0.29, 0.717) is 17.3 Å². The minimum Gasteiger partial charge on any atom is -0.329 e. The summed E-state index contributed by atoms with van der Waals surface area (Å²) in [6.45, 7) is 0.393. The highest BCUT2D eigenvalue weighted by Crippen LogP contribution is 2.41. The Morgan fingerprint density at radius 2 is 2.24 bits per heavy atom.